The number of nitrogens with one attached hydrogen (secondary N) is 1. The smallest absolute Gasteiger partial charge is 0.180 e. The van der Waals surface area contributed by atoms with E-state index in [1.54, 1.807) is 12.4 Å². The molecule has 5 rings (SSSR count). The summed E-state index contributed by atoms with van der Waals surface area (Å²) in [6, 6.07) is 18.3. The van der Waals surface area contributed by atoms with Crippen LogP contribution in [-0.2, 0) is 6.42 Å². The number of hydrogen-bond acceptors (Lipinski definition) is 8. The number of benzene rings is 1. The highest BCUT2D eigenvalue weighted by molar-refractivity contribution is 5.56. The molecule has 3 aromatic heterocycles. The van der Waals surface area contributed by atoms with Gasteiger partial charge in [0.05, 0.1) is 0 Å². The SMILES string of the molecule is Cc1cccc(-c2nccc(Nc3ccnc(Cc4ccc(N5CCC(N)C5)cc4)n3)n2)n1. The number of hydrogen-bond donors (Lipinski definition) is 2. The van der Waals surface area contributed by atoms with Crippen molar-refractivity contribution in [1.29, 1.82) is 0 Å². The Balaban J connectivity index is 1.27. The fraction of sp³-hybridized carbons (Fsp3) is 0.240. The van der Waals surface area contributed by atoms with E-state index in [1.165, 1.54) is 5.69 Å². The van der Waals surface area contributed by atoms with Crippen LogP contribution >= 0.6 is 0 Å². The van der Waals surface area contributed by atoms with Crippen molar-refractivity contribution in [3.63, 3.8) is 0 Å². The number of anilines is 3. The van der Waals surface area contributed by atoms with Crippen molar-refractivity contribution in [2.45, 2.75) is 25.8 Å². The maximum Gasteiger partial charge on any atom is 0.180 e. The van der Waals surface area contributed by atoms with Gasteiger partial charge in [0.25, 0.3) is 0 Å². The molecule has 4 heterocycles. The predicted molar refractivity (Wildman–Crippen MR) is 129 cm³/mol. The highest BCUT2D eigenvalue weighted by atomic mass is 15.2. The number of pyridine rings is 1. The third-order valence-electron chi connectivity index (χ3n) is 5.62. The molecule has 0 radical (unpaired) electrons. The molecule has 0 saturated carbocycles. The van der Waals surface area contributed by atoms with E-state index in [9.17, 15) is 0 Å². The van der Waals surface area contributed by atoms with Crippen LogP contribution in [0.1, 0.15) is 23.5 Å². The zero-order chi connectivity index (χ0) is 22.6. The number of nitrogens with two attached hydrogens (primary N) is 1. The molecule has 1 atom stereocenters. The zero-order valence-electron chi connectivity index (χ0n) is 18.5. The molecular weight excluding hydrogens is 412 g/mol. The van der Waals surface area contributed by atoms with Crippen molar-refractivity contribution in [2.24, 2.45) is 5.73 Å². The quantitative estimate of drug-likeness (QED) is 0.471. The third-order valence-corrected chi connectivity index (χ3v) is 5.62. The van der Waals surface area contributed by atoms with E-state index in [2.05, 4.69) is 59.4 Å². The van der Waals surface area contributed by atoms with Crippen LogP contribution in [0.4, 0.5) is 17.3 Å². The molecule has 0 bridgehead atoms. The van der Waals surface area contributed by atoms with Gasteiger partial charge in [-0.25, -0.2) is 24.9 Å². The second-order valence-corrected chi connectivity index (χ2v) is 8.25. The summed E-state index contributed by atoms with van der Waals surface area (Å²) in [6.07, 6.45) is 5.17. The van der Waals surface area contributed by atoms with Gasteiger partial charge >= 0.3 is 0 Å². The van der Waals surface area contributed by atoms with Gasteiger partial charge in [0, 0.05) is 49.3 Å². The summed E-state index contributed by atoms with van der Waals surface area (Å²) < 4.78 is 0. The van der Waals surface area contributed by atoms with E-state index in [4.69, 9.17) is 5.73 Å². The second-order valence-electron chi connectivity index (χ2n) is 8.25. The molecule has 8 heteroatoms. The minimum atomic E-state index is 0.271. The molecule has 1 aliphatic heterocycles. The van der Waals surface area contributed by atoms with Gasteiger partial charge in [0.1, 0.15) is 23.2 Å². The van der Waals surface area contributed by atoms with Crippen molar-refractivity contribution < 1.29 is 0 Å². The standard InChI is InChI=1S/C25H26N8/c1-17-3-2-4-21(29-17)25-28-13-10-23(32-25)30-22-9-12-27-24(31-22)15-18-5-7-20(8-6-18)33-14-11-19(26)16-33/h2-10,12-13,19H,11,14-16,26H2,1H3,(H,27,28,30,31,32). The fourth-order valence-corrected chi connectivity index (χ4v) is 3.93. The second kappa shape index (κ2) is 9.30. The van der Waals surface area contributed by atoms with E-state index in [1.807, 2.05) is 37.3 Å². The van der Waals surface area contributed by atoms with E-state index >= 15 is 0 Å². The van der Waals surface area contributed by atoms with Crippen molar-refractivity contribution in [1.82, 2.24) is 24.9 Å². The Bertz CT molecular complexity index is 1240. The van der Waals surface area contributed by atoms with Crippen molar-refractivity contribution in [3.8, 4) is 11.5 Å². The molecule has 1 aliphatic rings. The highest BCUT2D eigenvalue weighted by Crippen LogP contribution is 2.21. The van der Waals surface area contributed by atoms with Crippen LogP contribution in [0.5, 0.6) is 0 Å². The van der Waals surface area contributed by atoms with E-state index in [0.717, 1.165) is 42.3 Å². The predicted octanol–water partition coefficient (Wildman–Crippen LogP) is 3.51. The third kappa shape index (κ3) is 5.12. The summed E-state index contributed by atoms with van der Waals surface area (Å²) in [5, 5.41) is 3.26. The van der Waals surface area contributed by atoms with E-state index < -0.39 is 0 Å². The van der Waals surface area contributed by atoms with Gasteiger partial charge in [-0.15, -0.1) is 0 Å². The summed E-state index contributed by atoms with van der Waals surface area (Å²) in [5.41, 5.74) is 10.1. The minimum Gasteiger partial charge on any atom is -0.370 e. The van der Waals surface area contributed by atoms with Gasteiger partial charge in [-0.2, -0.15) is 0 Å². The monoisotopic (exact) mass is 438 g/mol. The molecule has 4 aromatic rings. The van der Waals surface area contributed by atoms with Crippen LogP contribution in [0.2, 0.25) is 0 Å². The van der Waals surface area contributed by atoms with Gasteiger partial charge in [-0.1, -0.05) is 18.2 Å². The normalized spacial score (nSPS) is 15.6. The summed E-state index contributed by atoms with van der Waals surface area (Å²) in [6.45, 7) is 3.88. The number of aromatic nitrogens is 5. The zero-order valence-corrected chi connectivity index (χ0v) is 18.5. The van der Waals surface area contributed by atoms with Gasteiger partial charge in [0.15, 0.2) is 5.82 Å². The molecule has 166 valence electrons. The first-order valence-electron chi connectivity index (χ1n) is 11.1. The van der Waals surface area contributed by atoms with Crippen LogP contribution in [0.15, 0.2) is 67.0 Å². The fourth-order valence-electron chi connectivity index (χ4n) is 3.93. The molecule has 3 N–H and O–H groups in total. The van der Waals surface area contributed by atoms with Gasteiger partial charge in [0.2, 0.25) is 0 Å². The number of aryl methyl sites for hydroxylation is 1. The average molecular weight is 439 g/mol. The Hall–Kier alpha value is -3.91. The van der Waals surface area contributed by atoms with Gasteiger partial charge in [-0.05, 0) is 55.3 Å². The Morgan fingerprint density at radius 2 is 1.73 bits per heavy atom. The minimum absolute atomic E-state index is 0.271. The van der Waals surface area contributed by atoms with Gasteiger partial charge in [-0.3, -0.25) is 0 Å². The van der Waals surface area contributed by atoms with Crippen molar-refractivity contribution >= 4 is 17.3 Å². The summed E-state index contributed by atoms with van der Waals surface area (Å²) >= 11 is 0. The topological polar surface area (TPSA) is 106 Å². The molecule has 0 aliphatic carbocycles. The summed E-state index contributed by atoms with van der Waals surface area (Å²) in [5.74, 6) is 2.65. The number of rotatable bonds is 6. The molecule has 1 aromatic carbocycles. The molecule has 0 amide bonds. The van der Waals surface area contributed by atoms with Crippen LogP contribution in [0, 0.1) is 6.92 Å². The molecule has 1 saturated heterocycles. The largest absolute Gasteiger partial charge is 0.370 e. The average Bonchev–Trinajstić information content (AvgIpc) is 3.26. The van der Waals surface area contributed by atoms with Crippen molar-refractivity contribution in [2.75, 3.05) is 23.3 Å². The summed E-state index contributed by atoms with van der Waals surface area (Å²) in [4.78, 5) is 24.9. The molecule has 1 unspecified atom stereocenters. The van der Waals surface area contributed by atoms with Crippen molar-refractivity contribution in [3.05, 3.63) is 84.1 Å². The van der Waals surface area contributed by atoms with Crippen LogP contribution in [-0.4, -0.2) is 44.1 Å². The Morgan fingerprint density at radius 3 is 2.48 bits per heavy atom. The van der Waals surface area contributed by atoms with Crippen LogP contribution in [0.3, 0.4) is 0 Å². The Morgan fingerprint density at radius 1 is 0.939 bits per heavy atom. The maximum atomic E-state index is 6.03. The lowest BCUT2D eigenvalue weighted by Gasteiger charge is -2.18. The molecule has 1 fully saturated rings. The lowest BCUT2D eigenvalue weighted by Crippen LogP contribution is -2.26. The highest BCUT2D eigenvalue weighted by Gasteiger charge is 2.19. The van der Waals surface area contributed by atoms with Gasteiger partial charge < -0.3 is 16.0 Å². The molecule has 33 heavy (non-hydrogen) atoms. The van der Waals surface area contributed by atoms with E-state index in [0.29, 0.717) is 23.9 Å². The molecular formula is C25H26N8. The van der Waals surface area contributed by atoms with Crippen LogP contribution < -0.4 is 16.0 Å². The van der Waals surface area contributed by atoms with Crippen LogP contribution in [0.25, 0.3) is 11.5 Å². The molecule has 8 nitrogen and oxygen atoms in total. The lowest BCUT2D eigenvalue weighted by atomic mass is 10.1. The first-order valence-corrected chi connectivity index (χ1v) is 11.1. The Labute approximate surface area is 193 Å². The first-order chi connectivity index (χ1) is 16.1. The maximum absolute atomic E-state index is 6.03. The lowest BCUT2D eigenvalue weighted by molar-refractivity contribution is 0.752. The van der Waals surface area contributed by atoms with E-state index in [-0.39, 0.29) is 6.04 Å². The summed E-state index contributed by atoms with van der Waals surface area (Å²) in [7, 11) is 0. The first kappa shape index (κ1) is 21.0. The molecule has 0 spiro atoms. The Kier molecular flexibility index (Phi) is 5.91. The number of nitrogens with zero attached hydrogens (tertiary/aromatic N) is 6.